The van der Waals surface area contributed by atoms with Gasteiger partial charge in [0.1, 0.15) is 12.6 Å². The third-order valence-corrected chi connectivity index (χ3v) is 4.62. The Morgan fingerprint density at radius 3 is 2.52 bits per heavy atom. The van der Waals surface area contributed by atoms with Crippen molar-refractivity contribution in [1.29, 1.82) is 0 Å². The predicted octanol–water partition coefficient (Wildman–Crippen LogP) is 1.61. The molecule has 0 fully saturated rings. The van der Waals surface area contributed by atoms with Crippen molar-refractivity contribution in [2.45, 2.75) is 0 Å². The molecule has 0 spiro atoms. The number of fused-ring (bicyclic) bond motifs is 4. The first-order valence-electron chi connectivity index (χ1n) is 6.34. The van der Waals surface area contributed by atoms with Crippen molar-refractivity contribution in [2.24, 2.45) is 7.05 Å². The van der Waals surface area contributed by atoms with E-state index in [1.807, 2.05) is 18.2 Å². The molecule has 2 aromatic carbocycles. The van der Waals surface area contributed by atoms with Crippen molar-refractivity contribution in [3.8, 4) is 0 Å². The molecule has 4 aromatic rings. The van der Waals surface area contributed by atoms with E-state index in [-0.39, 0.29) is 12.4 Å². The summed E-state index contributed by atoms with van der Waals surface area (Å²) in [5, 5.41) is 3.34. The van der Waals surface area contributed by atoms with Crippen LogP contribution in [0, 0.1) is 0 Å². The van der Waals surface area contributed by atoms with Crippen LogP contribution in [0.15, 0.2) is 42.5 Å². The van der Waals surface area contributed by atoms with Gasteiger partial charge >= 0.3 is 0 Å². The predicted molar refractivity (Wildman–Crippen MR) is 84.5 cm³/mol. The Kier molecular flexibility index (Phi) is 3.48. The number of hydrogen-bond donors (Lipinski definition) is 1. The molecule has 0 atom stereocenters. The highest BCUT2D eigenvalue weighted by molar-refractivity contribution is 6.45. The number of halogens is 3. The Bertz CT molecular complexity index is 989. The lowest BCUT2D eigenvalue weighted by Crippen LogP contribution is -3.00. The quantitative estimate of drug-likeness (QED) is 0.470. The van der Waals surface area contributed by atoms with E-state index >= 15 is 0 Å². The van der Waals surface area contributed by atoms with Gasteiger partial charge in [0, 0.05) is 6.07 Å². The molecule has 0 bridgehead atoms. The van der Waals surface area contributed by atoms with E-state index in [9.17, 15) is 0 Å². The number of para-hydroxylation sites is 1. The first-order chi connectivity index (χ1) is 9.66. The molecule has 0 saturated heterocycles. The van der Waals surface area contributed by atoms with Crippen LogP contribution in [0.5, 0.6) is 0 Å². The van der Waals surface area contributed by atoms with Crippen LogP contribution in [-0.2, 0) is 7.05 Å². The second-order valence-corrected chi connectivity index (χ2v) is 5.72. The Morgan fingerprint density at radius 2 is 1.71 bits per heavy atom. The van der Waals surface area contributed by atoms with Gasteiger partial charge in [0.2, 0.25) is 11.0 Å². The summed E-state index contributed by atoms with van der Waals surface area (Å²) in [6.07, 6.45) is 0. The van der Waals surface area contributed by atoms with Crippen LogP contribution in [-0.4, -0.2) is 4.98 Å². The minimum Gasteiger partial charge on any atom is -1.00 e. The van der Waals surface area contributed by atoms with Crippen LogP contribution in [0.25, 0.3) is 32.8 Å². The highest BCUT2D eigenvalue weighted by Gasteiger charge is 2.19. The van der Waals surface area contributed by atoms with Crippen molar-refractivity contribution < 1.29 is 17.0 Å². The molecule has 0 amide bonds. The molecule has 0 radical (unpaired) electrons. The Balaban J connectivity index is 0.00000132. The number of pyridine rings is 1. The van der Waals surface area contributed by atoms with E-state index in [0.29, 0.717) is 10.0 Å². The van der Waals surface area contributed by atoms with Crippen LogP contribution in [0.2, 0.25) is 10.0 Å². The molecular weight excluding hydrogens is 327 g/mol. The number of benzene rings is 2. The molecule has 0 saturated carbocycles. The second kappa shape index (κ2) is 5.06. The van der Waals surface area contributed by atoms with Gasteiger partial charge in [-0.25, -0.2) is 0 Å². The maximum atomic E-state index is 6.34. The van der Waals surface area contributed by atoms with Gasteiger partial charge in [-0.3, -0.25) is 0 Å². The fourth-order valence-electron chi connectivity index (χ4n) is 2.86. The smallest absolute Gasteiger partial charge is 0.238 e. The highest BCUT2D eigenvalue weighted by atomic mass is 35.5. The van der Waals surface area contributed by atoms with Crippen LogP contribution in [0.4, 0.5) is 0 Å². The molecular formula is C16H11Cl3N2. The molecule has 2 heterocycles. The summed E-state index contributed by atoms with van der Waals surface area (Å²) in [6.45, 7) is 0. The largest absolute Gasteiger partial charge is 1.00 e. The SMILES string of the molecule is C[n+]1c2ccc(Cl)c(Cl)c2cc2[nH]c3ccccc3c21.[Cl-]. The molecule has 0 aliphatic rings. The molecule has 4 rings (SSSR count). The molecule has 5 heteroatoms. The Morgan fingerprint density at radius 1 is 0.952 bits per heavy atom. The van der Waals surface area contributed by atoms with Gasteiger partial charge in [-0.1, -0.05) is 35.3 Å². The first kappa shape index (κ1) is 14.5. The Labute approximate surface area is 137 Å². The lowest BCUT2D eigenvalue weighted by Gasteiger charge is -2.02. The maximum Gasteiger partial charge on any atom is 0.238 e. The molecule has 21 heavy (non-hydrogen) atoms. The number of nitrogens with one attached hydrogen (secondary N) is 1. The third kappa shape index (κ3) is 1.98. The van der Waals surface area contributed by atoms with Crippen molar-refractivity contribution >= 4 is 56.0 Å². The minimum atomic E-state index is 0. The van der Waals surface area contributed by atoms with Gasteiger partial charge in [-0.05, 0) is 24.3 Å². The molecule has 0 unspecified atom stereocenters. The summed E-state index contributed by atoms with van der Waals surface area (Å²) in [4.78, 5) is 3.44. The van der Waals surface area contributed by atoms with E-state index in [4.69, 9.17) is 23.2 Å². The normalized spacial score (nSPS) is 11.2. The lowest BCUT2D eigenvalue weighted by atomic mass is 10.1. The Hall–Kier alpha value is -1.48. The number of aryl methyl sites for hydroxylation is 1. The van der Waals surface area contributed by atoms with Crippen LogP contribution >= 0.6 is 23.2 Å². The van der Waals surface area contributed by atoms with E-state index in [1.165, 1.54) is 10.9 Å². The molecule has 0 aliphatic heterocycles. The lowest BCUT2D eigenvalue weighted by molar-refractivity contribution is -0.616. The zero-order chi connectivity index (χ0) is 13.9. The van der Waals surface area contributed by atoms with E-state index in [2.05, 4.69) is 40.9 Å². The average Bonchev–Trinajstić information content (AvgIpc) is 2.82. The topological polar surface area (TPSA) is 19.7 Å². The monoisotopic (exact) mass is 336 g/mol. The number of aromatic amines is 1. The van der Waals surface area contributed by atoms with Crippen molar-refractivity contribution in [3.05, 3.63) is 52.5 Å². The van der Waals surface area contributed by atoms with Gasteiger partial charge in [0.25, 0.3) is 0 Å². The van der Waals surface area contributed by atoms with Crippen LogP contribution in [0.3, 0.4) is 0 Å². The van der Waals surface area contributed by atoms with E-state index in [1.54, 1.807) is 0 Å². The fraction of sp³-hybridized carbons (Fsp3) is 0.0625. The summed E-state index contributed by atoms with van der Waals surface area (Å²) in [7, 11) is 2.05. The van der Waals surface area contributed by atoms with Gasteiger partial charge in [-0.15, -0.1) is 0 Å². The number of hydrogen-bond acceptors (Lipinski definition) is 0. The van der Waals surface area contributed by atoms with Gasteiger partial charge < -0.3 is 17.4 Å². The van der Waals surface area contributed by atoms with Crippen LogP contribution in [0.1, 0.15) is 0 Å². The molecule has 0 aliphatic carbocycles. The number of H-pyrrole nitrogens is 1. The number of rotatable bonds is 0. The van der Waals surface area contributed by atoms with Gasteiger partial charge in [0.05, 0.1) is 26.3 Å². The van der Waals surface area contributed by atoms with Crippen molar-refractivity contribution in [3.63, 3.8) is 0 Å². The average molecular weight is 338 g/mol. The second-order valence-electron chi connectivity index (χ2n) is 4.93. The molecule has 2 aromatic heterocycles. The summed E-state index contributed by atoms with van der Waals surface area (Å²) in [6, 6.07) is 14.2. The van der Waals surface area contributed by atoms with Gasteiger partial charge in [-0.2, -0.15) is 4.57 Å². The molecule has 106 valence electrons. The van der Waals surface area contributed by atoms with Crippen molar-refractivity contribution in [2.75, 3.05) is 0 Å². The summed E-state index contributed by atoms with van der Waals surface area (Å²) in [5.74, 6) is 0. The maximum absolute atomic E-state index is 6.34. The summed E-state index contributed by atoms with van der Waals surface area (Å²) < 4.78 is 2.16. The van der Waals surface area contributed by atoms with Gasteiger partial charge in [0.15, 0.2) is 0 Å². The standard InChI is InChI=1S/C16H10Cl2N2.ClH/c1-20-14-7-6-11(17)15(18)10(14)8-13-16(20)9-4-2-3-5-12(9)19-13;/h2-8H,1H3;1H. The van der Waals surface area contributed by atoms with E-state index in [0.717, 1.165) is 21.9 Å². The molecule has 1 N–H and O–H groups in total. The number of aromatic nitrogens is 2. The summed E-state index contributed by atoms with van der Waals surface area (Å²) in [5.41, 5.74) is 4.42. The third-order valence-electron chi connectivity index (χ3n) is 3.80. The van der Waals surface area contributed by atoms with Crippen molar-refractivity contribution in [1.82, 2.24) is 4.98 Å². The fourth-order valence-corrected chi connectivity index (χ4v) is 3.24. The summed E-state index contributed by atoms with van der Waals surface area (Å²) >= 11 is 12.5. The molecule has 2 nitrogen and oxygen atoms in total. The zero-order valence-electron chi connectivity index (χ0n) is 11.1. The van der Waals surface area contributed by atoms with E-state index < -0.39 is 0 Å². The first-order valence-corrected chi connectivity index (χ1v) is 7.09. The van der Waals surface area contributed by atoms with Crippen LogP contribution < -0.4 is 17.0 Å². The highest BCUT2D eigenvalue weighted by Crippen LogP contribution is 2.32. The number of nitrogens with zero attached hydrogens (tertiary/aromatic N) is 1. The zero-order valence-corrected chi connectivity index (χ0v) is 13.4. The minimum absolute atomic E-state index is 0.